The summed E-state index contributed by atoms with van der Waals surface area (Å²) in [6, 6.07) is 15.0. The Labute approximate surface area is 152 Å². The first kappa shape index (κ1) is 17.8. The van der Waals surface area contributed by atoms with Crippen LogP contribution < -0.4 is 0 Å². The molecule has 0 aliphatic heterocycles. The van der Waals surface area contributed by atoms with Crippen LogP contribution in [0.15, 0.2) is 66.1 Å². The molecule has 0 N–H and O–H groups in total. The minimum absolute atomic E-state index is 0.102. The van der Waals surface area contributed by atoms with Gasteiger partial charge in [-0.2, -0.15) is 14.7 Å². The van der Waals surface area contributed by atoms with E-state index < -0.39 is 10.0 Å². The highest BCUT2D eigenvalue weighted by Gasteiger charge is 2.26. The molecule has 1 atom stereocenters. The van der Waals surface area contributed by atoms with Crippen molar-refractivity contribution in [3.63, 3.8) is 0 Å². The molecule has 3 aromatic rings. The van der Waals surface area contributed by atoms with Crippen molar-refractivity contribution in [2.45, 2.75) is 17.9 Å². The standard InChI is InChI=1S/C18H17N5O2S/c1-14(16-6-8-17(9-7-16)23-13-20-12-21-23)22(2)26(24,25)18-5-3-4-15(10-18)11-19/h3-10,12-14H,1-2H3/t14-/m0/s1. The second-order valence-electron chi connectivity index (χ2n) is 5.77. The van der Waals surface area contributed by atoms with E-state index in [0.29, 0.717) is 5.56 Å². The summed E-state index contributed by atoms with van der Waals surface area (Å²) in [5, 5.41) is 13.1. The van der Waals surface area contributed by atoms with Gasteiger partial charge in [-0.1, -0.05) is 18.2 Å². The first-order valence-electron chi connectivity index (χ1n) is 7.86. The lowest BCUT2D eigenvalue weighted by Crippen LogP contribution is -2.29. The van der Waals surface area contributed by atoms with Gasteiger partial charge in [0.25, 0.3) is 0 Å². The molecular weight excluding hydrogens is 350 g/mol. The van der Waals surface area contributed by atoms with Crippen molar-refractivity contribution < 1.29 is 8.42 Å². The fourth-order valence-electron chi connectivity index (χ4n) is 2.56. The number of hydrogen-bond acceptors (Lipinski definition) is 5. The van der Waals surface area contributed by atoms with Crippen LogP contribution in [0.5, 0.6) is 0 Å². The molecule has 26 heavy (non-hydrogen) atoms. The van der Waals surface area contributed by atoms with E-state index >= 15 is 0 Å². The highest BCUT2D eigenvalue weighted by molar-refractivity contribution is 7.89. The number of aromatic nitrogens is 3. The zero-order chi connectivity index (χ0) is 18.7. The maximum Gasteiger partial charge on any atom is 0.243 e. The van der Waals surface area contributed by atoms with Crippen LogP contribution in [0, 0.1) is 11.3 Å². The normalized spacial score (nSPS) is 12.7. The fraction of sp³-hybridized carbons (Fsp3) is 0.167. The van der Waals surface area contributed by atoms with E-state index in [1.807, 2.05) is 37.3 Å². The van der Waals surface area contributed by atoms with Crippen LogP contribution in [0.25, 0.3) is 5.69 Å². The Morgan fingerprint density at radius 1 is 1.19 bits per heavy atom. The summed E-state index contributed by atoms with van der Waals surface area (Å²) in [5.74, 6) is 0. The lowest BCUT2D eigenvalue weighted by molar-refractivity contribution is 0.398. The van der Waals surface area contributed by atoms with Gasteiger partial charge in [0.2, 0.25) is 10.0 Å². The van der Waals surface area contributed by atoms with Gasteiger partial charge in [0, 0.05) is 13.1 Å². The summed E-state index contributed by atoms with van der Waals surface area (Å²) in [7, 11) is -2.19. The first-order chi connectivity index (χ1) is 12.4. The average molecular weight is 367 g/mol. The summed E-state index contributed by atoms with van der Waals surface area (Å²) in [5.41, 5.74) is 1.99. The van der Waals surface area contributed by atoms with Crippen molar-refractivity contribution in [3.05, 3.63) is 72.3 Å². The molecule has 0 radical (unpaired) electrons. The zero-order valence-electron chi connectivity index (χ0n) is 14.3. The molecule has 0 aliphatic carbocycles. The van der Waals surface area contributed by atoms with Gasteiger partial charge in [0.05, 0.1) is 22.2 Å². The Balaban J connectivity index is 1.86. The molecule has 2 aromatic carbocycles. The first-order valence-corrected chi connectivity index (χ1v) is 9.30. The quantitative estimate of drug-likeness (QED) is 0.691. The topological polar surface area (TPSA) is 91.9 Å². The molecule has 132 valence electrons. The van der Waals surface area contributed by atoms with E-state index in [4.69, 9.17) is 5.26 Å². The van der Waals surface area contributed by atoms with Gasteiger partial charge >= 0.3 is 0 Å². The second-order valence-corrected chi connectivity index (χ2v) is 7.77. The molecule has 0 spiro atoms. The van der Waals surface area contributed by atoms with Crippen molar-refractivity contribution in [1.29, 1.82) is 5.26 Å². The summed E-state index contributed by atoms with van der Waals surface area (Å²) in [6.45, 7) is 1.82. The number of benzene rings is 2. The Hall–Kier alpha value is -3.02. The highest BCUT2D eigenvalue weighted by Crippen LogP contribution is 2.26. The van der Waals surface area contributed by atoms with Crippen LogP contribution in [0.4, 0.5) is 0 Å². The summed E-state index contributed by atoms with van der Waals surface area (Å²) in [6.07, 6.45) is 3.05. The molecule has 8 heteroatoms. The van der Waals surface area contributed by atoms with E-state index in [9.17, 15) is 8.42 Å². The van der Waals surface area contributed by atoms with Gasteiger partial charge in [-0.25, -0.2) is 18.1 Å². The minimum atomic E-state index is -3.72. The molecule has 0 fully saturated rings. The van der Waals surface area contributed by atoms with Crippen LogP contribution in [-0.4, -0.2) is 34.5 Å². The predicted octanol–water partition coefficient (Wildman–Crippen LogP) is 2.52. The van der Waals surface area contributed by atoms with Gasteiger partial charge in [0.15, 0.2) is 0 Å². The van der Waals surface area contributed by atoms with Crippen molar-refractivity contribution in [3.8, 4) is 11.8 Å². The van der Waals surface area contributed by atoms with Crippen molar-refractivity contribution in [2.75, 3.05) is 7.05 Å². The molecule has 1 heterocycles. The average Bonchev–Trinajstić information content (AvgIpc) is 3.21. The second kappa shape index (κ2) is 7.07. The smallest absolute Gasteiger partial charge is 0.223 e. The molecule has 0 bridgehead atoms. The SMILES string of the molecule is C[C@@H](c1ccc(-n2cncn2)cc1)N(C)S(=O)(=O)c1cccc(C#N)c1. The Kier molecular flexibility index (Phi) is 4.84. The predicted molar refractivity (Wildman–Crippen MR) is 95.9 cm³/mol. The van der Waals surface area contributed by atoms with Crippen LogP contribution >= 0.6 is 0 Å². The van der Waals surface area contributed by atoms with E-state index in [1.165, 1.54) is 29.8 Å². The third-order valence-corrected chi connectivity index (χ3v) is 6.17. The molecular formula is C18H17N5O2S. The molecule has 0 saturated carbocycles. The monoisotopic (exact) mass is 367 g/mol. The molecule has 0 aliphatic rings. The van der Waals surface area contributed by atoms with Crippen molar-refractivity contribution in [1.82, 2.24) is 19.1 Å². The largest absolute Gasteiger partial charge is 0.243 e. The van der Waals surface area contributed by atoms with Crippen LogP contribution in [0.2, 0.25) is 0 Å². The highest BCUT2D eigenvalue weighted by atomic mass is 32.2. The Morgan fingerprint density at radius 3 is 2.54 bits per heavy atom. The van der Waals surface area contributed by atoms with Crippen molar-refractivity contribution in [2.24, 2.45) is 0 Å². The van der Waals surface area contributed by atoms with Gasteiger partial charge in [-0.15, -0.1) is 0 Å². The van der Waals surface area contributed by atoms with E-state index in [2.05, 4.69) is 10.1 Å². The van der Waals surface area contributed by atoms with Gasteiger partial charge in [-0.3, -0.25) is 0 Å². The van der Waals surface area contributed by atoms with Gasteiger partial charge in [0.1, 0.15) is 12.7 Å². The number of nitrogens with zero attached hydrogens (tertiary/aromatic N) is 5. The number of hydrogen-bond donors (Lipinski definition) is 0. The fourth-order valence-corrected chi connectivity index (χ4v) is 3.95. The van der Waals surface area contributed by atoms with E-state index in [1.54, 1.807) is 23.1 Å². The number of rotatable bonds is 5. The third kappa shape index (κ3) is 3.35. The molecule has 3 rings (SSSR count). The number of sulfonamides is 1. The lowest BCUT2D eigenvalue weighted by Gasteiger charge is -2.25. The Bertz CT molecular complexity index is 1040. The van der Waals surface area contributed by atoms with Gasteiger partial charge < -0.3 is 0 Å². The van der Waals surface area contributed by atoms with Gasteiger partial charge in [-0.05, 0) is 42.8 Å². The maximum absolute atomic E-state index is 12.9. The number of nitriles is 1. The van der Waals surface area contributed by atoms with Crippen LogP contribution in [0.1, 0.15) is 24.1 Å². The minimum Gasteiger partial charge on any atom is -0.223 e. The maximum atomic E-state index is 12.9. The molecule has 0 unspecified atom stereocenters. The van der Waals surface area contributed by atoms with Crippen LogP contribution in [-0.2, 0) is 10.0 Å². The lowest BCUT2D eigenvalue weighted by atomic mass is 10.1. The summed E-state index contributed by atoms with van der Waals surface area (Å²) in [4.78, 5) is 4.01. The summed E-state index contributed by atoms with van der Waals surface area (Å²) >= 11 is 0. The summed E-state index contributed by atoms with van der Waals surface area (Å²) < 4.78 is 28.7. The van der Waals surface area contributed by atoms with E-state index in [0.717, 1.165) is 11.3 Å². The molecule has 0 amide bonds. The van der Waals surface area contributed by atoms with Crippen molar-refractivity contribution >= 4 is 10.0 Å². The van der Waals surface area contributed by atoms with Crippen LogP contribution in [0.3, 0.4) is 0 Å². The Morgan fingerprint density at radius 2 is 1.92 bits per heavy atom. The third-order valence-electron chi connectivity index (χ3n) is 4.24. The van der Waals surface area contributed by atoms with E-state index in [-0.39, 0.29) is 10.9 Å². The zero-order valence-corrected chi connectivity index (χ0v) is 15.1. The molecule has 0 saturated heterocycles. The molecule has 7 nitrogen and oxygen atoms in total. The molecule has 1 aromatic heterocycles.